The Morgan fingerprint density at radius 1 is 1.10 bits per heavy atom. The third-order valence-electron chi connectivity index (χ3n) is 4.10. The Kier molecular flexibility index (Phi) is 9.23. The number of thioether (sulfide) groups is 2. The van der Waals surface area contributed by atoms with Crippen LogP contribution in [0.1, 0.15) is 18.9 Å². The van der Waals surface area contributed by atoms with Crippen molar-refractivity contribution in [2.75, 3.05) is 18.1 Å². The average Bonchev–Trinajstić information content (AvgIpc) is 2.67. The maximum absolute atomic E-state index is 12.2. The molecule has 2 aromatic rings. The molecule has 2 rings (SSSR count). The summed E-state index contributed by atoms with van der Waals surface area (Å²) < 4.78 is 46.2. The summed E-state index contributed by atoms with van der Waals surface area (Å²) >= 11 is 3.00. The number of hydrogen-bond acceptors (Lipinski definition) is 5. The zero-order valence-electron chi connectivity index (χ0n) is 16.6. The molecule has 164 valence electrons. The van der Waals surface area contributed by atoms with Gasteiger partial charge in [0.05, 0.1) is 12.4 Å². The number of rotatable bonds is 11. The summed E-state index contributed by atoms with van der Waals surface area (Å²) in [5, 5.41) is 8.80. The summed E-state index contributed by atoms with van der Waals surface area (Å²) in [7, 11) is 0. The minimum atomic E-state index is -4.71. The van der Waals surface area contributed by atoms with Crippen LogP contribution < -0.4 is 9.47 Å². The van der Waals surface area contributed by atoms with Crippen LogP contribution in [-0.2, 0) is 4.79 Å². The van der Waals surface area contributed by atoms with E-state index in [9.17, 15) is 18.0 Å². The van der Waals surface area contributed by atoms with Crippen molar-refractivity contribution >= 4 is 29.5 Å². The molecule has 0 saturated heterocycles. The smallest absolute Gasteiger partial charge is 0.493 e. The Hall–Kier alpha value is -2.00. The summed E-state index contributed by atoms with van der Waals surface area (Å²) in [6, 6.07) is 11.3. The first-order valence-corrected chi connectivity index (χ1v) is 11.2. The first-order chi connectivity index (χ1) is 14.2. The van der Waals surface area contributed by atoms with E-state index in [1.54, 1.807) is 11.8 Å². The van der Waals surface area contributed by atoms with E-state index in [1.165, 1.54) is 36.0 Å². The van der Waals surface area contributed by atoms with Gasteiger partial charge in [-0.05, 0) is 61.4 Å². The Labute approximate surface area is 182 Å². The molecule has 9 heteroatoms. The summed E-state index contributed by atoms with van der Waals surface area (Å²) in [4.78, 5) is 12.8. The van der Waals surface area contributed by atoms with Gasteiger partial charge in [0.2, 0.25) is 0 Å². The second-order valence-electron chi connectivity index (χ2n) is 6.53. The number of carboxylic acids is 1. The summed E-state index contributed by atoms with van der Waals surface area (Å²) in [5.74, 6) is 0.494. The van der Waals surface area contributed by atoms with Crippen molar-refractivity contribution in [2.45, 2.75) is 36.4 Å². The number of alkyl halides is 3. The van der Waals surface area contributed by atoms with Gasteiger partial charge in [0, 0.05) is 21.5 Å². The third-order valence-corrected chi connectivity index (χ3v) is 6.49. The van der Waals surface area contributed by atoms with Gasteiger partial charge in [0.15, 0.2) is 0 Å². The predicted molar refractivity (Wildman–Crippen MR) is 113 cm³/mol. The number of carbonyl (C=O) groups is 1. The van der Waals surface area contributed by atoms with Crippen LogP contribution in [0.15, 0.2) is 52.3 Å². The summed E-state index contributed by atoms with van der Waals surface area (Å²) in [6.07, 6.45) is -3.81. The predicted octanol–water partition coefficient (Wildman–Crippen LogP) is 6.27. The maximum Gasteiger partial charge on any atom is 0.573 e. The molecule has 0 aliphatic rings. The minimum Gasteiger partial charge on any atom is -0.493 e. The molecule has 1 atom stereocenters. The van der Waals surface area contributed by atoms with Gasteiger partial charge in [-0.2, -0.15) is 0 Å². The van der Waals surface area contributed by atoms with E-state index in [-0.39, 0.29) is 17.4 Å². The third kappa shape index (κ3) is 8.79. The zero-order chi connectivity index (χ0) is 22.1. The van der Waals surface area contributed by atoms with Gasteiger partial charge in [-0.1, -0.05) is 6.92 Å². The van der Waals surface area contributed by atoms with Crippen molar-refractivity contribution < 1.29 is 32.5 Å². The lowest BCUT2D eigenvalue weighted by molar-refractivity contribution is -0.274. The summed E-state index contributed by atoms with van der Waals surface area (Å²) in [6.45, 7) is 4.47. The fourth-order valence-electron chi connectivity index (χ4n) is 2.46. The number of aryl methyl sites for hydroxylation is 1. The highest BCUT2D eigenvalue weighted by molar-refractivity contribution is 8.00. The fraction of sp³-hybridized carbons (Fsp3) is 0.381. The van der Waals surface area contributed by atoms with E-state index in [2.05, 4.69) is 11.7 Å². The lowest BCUT2D eigenvalue weighted by Crippen LogP contribution is -2.17. The lowest BCUT2D eigenvalue weighted by atomic mass is 10.1. The van der Waals surface area contributed by atoms with Gasteiger partial charge in [-0.15, -0.1) is 36.7 Å². The van der Waals surface area contributed by atoms with Gasteiger partial charge >= 0.3 is 12.3 Å². The van der Waals surface area contributed by atoms with Gasteiger partial charge < -0.3 is 14.6 Å². The topological polar surface area (TPSA) is 55.8 Å². The Balaban J connectivity index is 1.83. The van der Waals surface area contributed by atoms with Gasteiger partial charge in [0.1, 0.15) is 11.5 Å². The minimum absolute atomic E-state index is 0.0336. The van der Waals surface area contributed by atoms with E-state index in [0.717, 1.165) is 27.5 Å². The van der Waals surface area contributed by atoms with Crippen LogP contribution in [0.5, 0.6) is 11.5 Å². The molecule has 30 heavy (non-hydrogen) atoms. The number of halogens is 3. The van der Waals surface area contributed by atoms with E-state index >= 15 is 0 Å². The number of aliphatic carboxylic acids is 1. The highest BCUT2D eigenvalue weighted by atomic mass is 32.2. The quantitative estimate of drug-likeness (QED) is 0.399. The second kappa shape index (κ2) is 11.4. The van der Waals surface area contributed by atoms with E-state index < -0.39 is 12.3 Å². The molecule has 0 radical (unpaired) electrons. The highest BCUT2D eigenvalue weighted by Gasteiger charge is 2.31. The van der Waals surface area contributed by atoms with Crippen molar-refractivity contribution in [2.24, 2.45) is 5.92 Å². The zero-order valence-corrected chi connectivity index (χ0v) is 18.2. The molecule has 0 fully saturated rings. The molecular formula is C21H23F3O4S2. The number of hydrogen-bond donors (Lipinski definition) is 1. The molecule has 0 saturated carbocycles. The van der Waals surface area contributed by atoms with Gasteiger partial charge in [-0.25, -0.2) is 0 Å². The molecule has 0 amide bonds. The SMILES string of the molecule is CC[C@H](COc1ccc(OC(F)(F)F)cc1)CSc1ccc(SCC(=O)O)c(C)c1. The lowest BCUT2D eigenvalue weighted by Gasteiger charge is -2.16. The monoisotopic (exact) mass is 460 g/mol. The van der Waals surface area contributed by atoms with Crippen LogP contribution >= 0.6 is 23.5 Å². The van der Waals surface area contributed by atoms with Crippen LogP contribution in [0.3, 0.4) is 0 Å². The molecular weight excluding hydrogens is 437 g/mol. The normalized spacial score (nSPS) is 12.4. The molecule has 0 heterocycles. The fourth-order valence-corrected chi connectivity index (χ4v) is 4.38. The van der Waals surface area contributed by atoms with Crippen LogP contribution in [0, 0.1) is 12.8 Å². The molecule has 0 aliphatic carbocycles. The number of carboxylic acid groups (broad SMARTS) is 1. The molecule has 0 aromatic heterocycles. The van der Waals surface area contributed by atoms with Crippen LogP contribution in [0.25, 0.3) is 0 Å². The van der Waals surface area contributed by atoms with Crippen LogP contribution in [-0.4, -0.2) is 35.6 Å². The largest absolute Gasteiger partial charge is 0.573 e. The summed E-state index contributed by atoms with van der Waals surface area (Å²) in [5.41, 5.74) is 1.04. The van der Waals surface area contributed by atoms with E-state index in [0.29, 0.717) is 12.4 Å². The average molecular weight is 461 g/mol. The van der Waals surface area contributed by atoms with Gasteiger partial charge in [-0.3, -0.25) is 4.79 Å². The second-order valence-corrected chi connectivity index (χ2v) is 8.64. The van der Waals surface area contributed by atoms with Crippen molar-refractivity contribution in [3.63, 3.8) is 0 Å². The van der Waals surface area contributed by atoms with Crippen molar-refractivity contribution in [1.29, 1.82) is 0 Å². The Morgan fingerprint density at radius 3 is 2.33 bits per heavy atom. The molecule has 2 aromatic carbocycles. The van der Waals surface area contributed by atoms with E-state index in [4.69, 9.17) is 9.84 Å². The van der Waals surface area contributed by atoms with Crippen LogP contribution in [0.4, 0.5) is 13.2 Å². The van der Waals surface area contributed by atoms with Crippen LogP contribution in [0.2, 0.25) is 0 Å². The Morgan fingerprint density at radius 2 is 1.77 bits per heavy atom. The molecule has 4 nitrogen and oxygen atoms in total. The van der Waals surface area contributed by atoms with Crippen molar-refractivity contribution in [3.05, 3.63) is 48.0 Å². The standard InChI is InChI=1S/C21H23F3O4S2/c1-3-15(11-27-16-4-6-17(7-5-16)28-21(22,23)24)12-29-18-8-9-19(14(2)10-18)30-13-20(25)26/h4-10,15H,3,11-13H2,1-2H3,(H,25,26)/t15-/m1/s1. The molecule has 0 unspecified atom stereocenters. The Bertz CT molecular complexity index is 826. The highest BCUT2D eigenvalue weighted by Crippen LogP contribution is 2.29. The van der Waals surface area contributed by atoms with E-state index in [1.807, 2.05) is 25.1 Å². The number of benzene rings is 2. The first kappa shape index (κ1) is 24.3. The molecule has 0 spiro atoms. The first-order valence-electron chi connectivity index (χ1n) is 9.23. The maximum atomic E-state index is 12.2. The van der Waals surface area contributed by atoms with Gasteiger partial charge in [0.25, 0.3) is 0 Å². The number of ether oxygens (including phenoxy) is 2. The van der Waals surface area contributed by atoms with Crippen molar-refractivity contribution in [3.8, 4) is 11.5 Å². The molecule has 0 aliphatic heterocycles. The molecule has 0 bridgehead atoms. The molecule has 1 N–H and O–H groups in total. The van der Waals surface area contributed by atoms with Crippen molar-refractivity contribution in [1.82, 2.24) is 0 Å².